The Hall–Kier alpha value is 0.348. The normalized spacial score (nSPS) is 23.6. The van der Waals surface area contributed by atoms with Gasteiger partial charge in [-0.1, -0.05) is 64.2 Å². The molecule has 8 N–H and O–H groups in total. The quantitative estimate of drug-likeness (QED) is 0.255. The third-order valence-corrected chi connectivity index (χ3v) is 8.67. The van der Waals surface area contributed by atoms with Crippen LogP contribution in [0.3, 0.4) is 0 Å². The van der Waals surface area contributed by atoms with E-state index in [4.69, 9.17) is 20.6 Å². The van der Waals surface area contributed by atoms with Crippen molar-refractivity contribution in [1.82, 2.24) is 10.6 Å². The van der Waals surface area contributed by atoms with Crippen molar-refractivity contribution < 1.29 is 47.0 Å². The van der Waals surface area contributed by atoms with Crippen LogP contribution in [0.5, 0.6) is 0 Å². The van der Waals surface area contributed by atoms with Gasteiger partial charge in [-0.3, -0.25) is 0 Å². The summed E-state index contributed by atoms with van der Waals surface area (Å²) in [5.41, 5.74) is 14.6. The van der Waals surface area contributed by atoms with Crippen LogP contribution in [0, 0.1) is 0 Å². The predicted octanol–water partition coefficient (Wildman–Crippen LogP) is 3.11. The molecule has 13 heteroatoms. The molecule has 3 saturated carbocycles. The average Bonchev–Trinajstić information content (AvgIpc) is 2.83. The van der Waals surface area contributed by atoms with Gasteiger partial charge in [-0.05, 0) is 51.6 Å². The minimum atomic E-state index is -3.52. The van der Waals surface area contributed by atoms with E-state index in [-0.39, 0.29) is 44.7 Å². The van der Waals surface area contributed by atoms with Crippen LogP contribution in [0.15, 0.2) is 0 Å². The first-order valence-electron chi connectivity index (χ1n) is 13.8. The zero-order valence-corrected chi connectivity index (χ0v) is 26.1. The predicted molar refractivity (Wildman–Crippen MR) is 148 cm³/mol. The summed E-state index contributed by atoms with van der Waals surface area (Å²) in [6, 6.07) is 1.00. The minimum absolute atomic E-state index is 0. The van der Waals surface area contributed by atoms with E-state index in [1.54, 1.807) is 0 Å². The number of nitrogens with one attached hydrogen (secondary N) is 4. The first kappa shape index (κ1) is 37.3. The van der Waals surface area contributed by atoms with E-state index >= 15 is 0 Å². The summed E-state index contributed by atoms with van der Waals surface area (Å²) >= 11 is 0. The smallest absolute Gasteiger partial charge is 0.676 e. The fourth-order valence-corrected chi connectivity index (χ4v) is 5.93. The Balaban J connectivity index is 0.000000538. The van der Waals surface area contributed by atoms with E-state index in [0.717, 1.165) is 25.9 Å². The van der Waals surface area contributed by atoms with E-state index in [2.05, 4.69) is 10.6 Å². The summed E-state index contributed by atoms with van der Waals surface area (Å²) in [6.45, 7) is 1.45. The van der Waals surface area contributed by atoms with Gasteiger partial charge in [-0.2, -0.15) is 28.9 Å². The molecule has 2 unspecified atom stereocenters. The molecule has 10 nitrogen and oxygen atoms in total. The Labute approximate surface area is 240 Å². The van der Waals surface area contributed by atoms with E-state index in [1.165, 1.54) is 77.0 Å². The SMILES string of the molecule is O=S(=O)([OH2+])CCCNC1CCCCC1.O=S(=O)([OH2+])CCCNC1CCCCC1.[NH-]C1CCCCC1[NH-].[Pt+4]. The van der Waals surface area contributed by atoms with Crippen LogP contribution in [0.4, 0.5) is 0 Å². The molecule has 0 aromatic carbocycles. The molecule has 0 bridgehead atoms. The van der Waals surface area contributed by atoms with Gasteiger partial charge in [0.1, 0.15) is 11.5 Å². The van der Waals surface area contributed by atoms with E-state index in [1.807, 2.05) is 0 Å². The van der Waals surface area contributed by atoms with Gasteiger partial charge in [0, 0.05) is 12.1 Å². The third-order valence-electron chi connectivity index (χ3n) is 7.02. The third kappa shape index (κ3) is 22.8. The molecule has 222 valence electrons. The van der Waals surface area contributed by atoms with Crippen molar-refractivity contribution in [3.05, 3.63) is 11.5 Å². The van der Waals surface area contributed by atoms with Gasteiger partial charge in [0.2, 0.25) is 0 Å². The van der Waals surface area contributed by atoms with Crippen LogP contribution in [0.2, 0.25) is 0 Å². The van der Waals surface area contributed by atoms with Gasteiger partial charge in [-0.25, -0.2) is 0 Å². The number of rotatable bonds is 10. The maximum Gasteiger partial charge on any atom is 4.00 e. The van der Waals surface area contributed by atoms with Crippen LogP contribution in [0.25, 0.3) is 11.5 Å². The van der Waals surface area contributed by atoms with E-state index in [9.17, 15) is 16.8 Å². The Morgan fingerprint density at radius 3 is 1.14 bits per heavy atom. The van der Waals surface area contributed by atoms with Crippen molar-refractivity contribution in [3.63, 3.8) is 0 Å². The zero-order valence-electron chi connectivity index (χ0n) is 22.2. The molecule has 0 spiro atoms. The molecule has 0 aromatic rings. The molecule has 0 aromatic heterocycles. The molecule has 3 fully saturated rings. The monoisotopic (exact) mass is 751 g/mol. The molecule has 37 heavy (non-hydrogen) atoms. The van der Waals surface area contributed by atoms with Crippen molar-refractivity contribution in [2.75, 3.05) is 24.6 Å². The van der Waals surface area contributed by atoms with Crippen molar-refractivity contribution in [1.29, 1.82) is 0 Å². The van der Waals surface area contributed by atoms with Crippen LogP contribution >= 0.6 is 0 Å². The fourth-order valence-electron chi connectivity index (χ4n) is 4.88. The van der Waals surface area contributed by atoms with E-state index in [0.29, 0.717) is 24.9 Å². The molecule has 0 amide bonds. The number of hydrogen-bond acceptors (Lipinski definition) is 6. The molecule has 0 heterocycles. The maximum atomic E-state index is 10.5. The van der Waals surface area contributed by atoms with Crippen molar-refractivity contribution >= 4 is 20.2 Å². The second-order valence-electron chi connectivity index (χ2n) is 10.4. The summed E-state index contributed by atoms with van der Waals surface area (Å²) in [5, 5.41) is 6.69. The first-order valence-corrected chi connectivity index (χ1v) is 17.1. The van der Waals surface area contributed by atoms with Gasteiger partial charge < -0.3 is 31.2 Å². The molecule has 3 aliphatic carbocycles. The number of hydrogen-bond donors (Lipinski definition) is 2. The fraction of sp³-hybridized carbons (Fsp3) is 1.00. The Bertz CT molecular complexity index is 697. The van der Waals surface area contributed by atoms with Crippen molar-refractivity contribution in [2.24, 2.45) is 0 Å². The van der Waals surface area contributed by atoms with Gasteiger partial charge in [0.25, 0.3) is 0 Å². The molecule has 0 aliphatic heterocycles. The Morgan fingerprint density at radius 1 is 0.568 bits per heavy atom. The maximum absolute atomic E-state index is 10.5. The Kier molecular flexibility index (Phi) is 21.3. The van der Waals surface area contributed by atoms with Gasteiger partial charge in [-0.15, -0.1) is 0 Å². The summed E-state index contributed by atoms with van der Waals surface area (Å²) in [6.07, 6.45) is 18.0. The molecular formula is C24H52N4O6PtS2+4. The summed E-state index contributed by atoms with van der Waals surface area (Å²) < 4.78 is 55.5. The minimum Gasteiger partial charge on any atom is -0.676 e. The molecule has 3 aliphatic rings. The molecule has 0 saturated heterocycles. The summed E-state index contributed by atoms with van der Waals surface area (Å²) in [5.74, 6) is -0.0422. The van der Waals surface area contributed by atoms with Crippen LogP contribution in [-0.4, -0.2) is 74.7 Å². The first-order chi connectivity index (χ1) is 17.0. The summed E-state index contributed by atoms with van der Waals surface area (Å²) in [7, 11) is -7.03. The molecule has 2 atom stereocenters. The standard InChI is InChI=1S/2C9H19NO3S.C6H12N2.Pt/c2*11-14(12,13)8-4-7-10-9-5-2-1-3-6-9;7-5-3-1-2-4-6(5)8;/h2*9-10H,1-8H2,(H,11,12,13);5-8H,1-4H2;/q;;-2;+4/p+2. The molecule has 3 rings (SSSR count). The van der Waals surface area contributed by atoms with Crippen LogP contribution < -0.4 is 10.6 Å². The average molecular weight is 752 g/mol. The van der Waals surface area contributed by atoms with Gasteiger partial charge in [0.05, 0.1) is 0 Å². The summed E-state index contributed by atoms with van der Waals surface area (Å²) in [4.78, 5) is 0. The van der Waals surface area contributed by atoms with E-state index < -0.39 is 20.2 Å². The second-order valence-corrected chi connectivity index (χ2v) is 13.7. The van der Waals surface area contributed by atoms with Gasteiger partial charge in [0.15, 0.2) is 0 Å². The largest absolute Gasteiger partial charge is 4.00 e. The molecular weight excluding hydrogens is 699 g/mol. The zero-order chi connectivity index (χ0) is 26.9. The second kappa shape index (κ2) is 21.1. The topological polar surface area (TPSA) is 186 Å². The van der Waals surface area contributed by atoms with Crippen LogP contribution in [-0.2, 0) is 41.3 Å². The molecule has 0 radical (unpaired) electrons. The van der Waals surface area contributed by atoms with Crippen molar-refractivity contribution in [2.45, 2.75) is 127 Å². The van der Waals surface area contributed by atoms with Crippen molar-refractivity contribution in [3.8, 4) is 0 Å². The Morgan fingerprint density at radius 2 is 0.865 bits per heavy atom. The van der Waals surface area contributed by atoms with Gasteiger partial charge >= 0.3 is 41.3 Å². The van der Waals surface area contributed by atoms with Crippen LogP contribution in [0.1, 0.15) is 103 Å².